The number of aromatic nitrogens is 2. The first-order chi connectivity index (χ1) is 8.76. The van der Waals surface area contributed by atoms with Crippen LogP contribution >= 0.6 is 0 Å². The number of carbonyl (C=O) groups is 1. The Morgan fingerprint density at radius 3 is 2.83 bits per heavy atom. The Morgan fingerprint density at radius 1 is 1.50 bits per heavy atom. The average Bonchev–Trinajstić information content (AvgIpc) is 3.04. The number of amides is 1. The minimum absolute atomic E-state index is 0.109. The number of H-pyrrole nitrogens is 1. The zero-order chi connectivity index (χ0) is 13.0. The van der Waals surface area contributed by atoms with Gasteiger partial charge in [0.15, 0.2) is 0 Å². The van der Waals surface area contributed by atoms with Crippen LogP contribution in [-0.2, 0) is 6.42 Å². The van der Waals surface area contributed by atoms with Gasteiger partial charge in [0.1, 0.15) is 0 Å². The lowest BCUT2D eigenvalue weighted by molar-refractivity contribution is 0.0788. The number of aryl methyl sites for hydroxylation is 1. The van der Waals surface area contributed by atoms with Crippen LogP contribution in [0.3, 0.4) is 0 Å². The molecule has 96 valence electrons. The van der Waals surface area contributed by atoms with Crippen molar-refractivity contribution in [1.82, 2.24) is 14.9 Å². The molecule has 1 N–H and O–H groups in total. The van der Waals surface area contributed by atoms with E-state index in [2.05, 4.69) is 21.9 Å². The van der Waals surface area contributed by atoms with Gasteiger partial charge in [0.25, 0.3) is 5.91 Å². The summed E-state index contributed by atoms with van der Waals surface area (Å²) in [5.74, 6) is 0.709. The molecule has 0 radical (unpaired) electrons. The van der Waals surface area contributed by atoms with Crippen molar-refractivity contribution in [1.29, 1.82) is 5.39 Å². The molecule has 0 atom stereocenters. The van der Waals surface area contributed by atoms with Crippen molar-refractivity contribution in [2.45, 2.75) is 39.0 Å². The number of imidazole rings is 1. The molecule has 0 aliphatic carbocycles. The third-order valence-corrected chi connectivity index (χ3v) is 3.20. The quantitative estimate of drug-likeness (QED) is 0.831. The van der Waals surface area contributed by atoms with Gasteiger partial charge >= 0.3 is 5.82 Å². The Hall–Kier alpha value is -1.90. The minimum atomic E-state index is -0.115. The smallest absolute Gasteiger partial charge is 0.337 e. The highest BCUT2D eigenvalue weighted by atomic mass is 16.2. The van der Waals surface area contributed by atoms with E-state index in [9.17, 15) is 4.79 Å². The molecule has 2 rings (SSSR count). The highest BCUT2D eigenvalue weighted by molar-refractivity contribution is 5.97. The Kier molecular flexibility index (Phi) is 3.92. The Labute approximate surface area is 106 Å². The Morgan fingerprint density at radius 2 is 2.22 bits per heavy atom. The maximum absolute atomic E-state index is 12.2. The van der Waals surface area contributed by atoms with Crippen LogP contribution in [0.15, 0.2) is 0 Å². The fraction of sp³-hybridized carbons (Fsp3) is 0.667. The van der Waals surface area contributed by atoms with E-state index in [-0.39, 0.29) is 11.7 Å². The standard InChI is InChI=1S/C12H17N5O/c1-2-3-6-9-14-10(11(15-9)16-13)12(18)17-7-4-5-8-17/h2-8H2,1H3/p+1. The molecule has 1 aliphatic rings. The van der Waals surface area contributed by atoms with Crippen LogP contribution < -0.4 is 0 Å². The number of carbonyl (C=O) groups excluding carboxylic acids is 1. The topological polar surface area (TPSA) is 77.1 Å². The van der Waals surface area contributed by atoms with Gasteiger partial charge in [0, 0.05) is 24.5 Å². The van der Waals surface area contributed by atoms with Gasteiger partial charge in [-0.3, -0.25) is 4.79 Å². The van der Waals surface area contributed by atoms with E-state index in [0.717, 1.165) is 45.2 Å². The molecule has 1 aromatic heterocycles. The fourth-order valence-electron chi connectivity index (χ4n) is 2.17. The van der Waals surface area contributed by atoms with Crippen molar-refractivity contribution < 1.29 is 4.79 Å². The van der Waals surface area contributed by atoms with Crippen LogP contribution in [-0.4, -0.2) is 33.9 Å². The monoisotopic (exact) mass is 248 g/mol. The van der Waals surface area contributed by atoms with Crippen LogP contribution in [0, 0.1) is 5.39 Å². The number of diazo groups is 1. The summed E-state index contributed by atoms with van der Waals surface area (Å²) in [6.45, 7) is 3.64. The predicted octanol–water partition coefficient (Wildman–Crippen LogP) is 2.47. The zero-order valence-electron chi connectivity index (χ0n) is 10.6. The first-order valence-corrected chi connectivity index (χ1v) is 6.49. The second-order valence-corrected chi connectivity index (χ2v) is 4.58. The van der Waals surface area contributed by atoms with E-state index in [1.54, 1.807) is 4.90 Å². The summed E-state index contributed by atoms with van der Waals surface area (Å²) in [7, 11) is 0. The van der Waals surface area contributed by atoms with Gasteiger partial charge in [-0.1, -0.05) is 13.3 Å². The predicted molar refractivity (Wildman–Crippen MR) is 67.1 cm³/mol. The van der Waals surface area contributed by atoms with Gasteiger partial charge in [-0.05, 0) is 24.2 Å². The van der Waals surface area contributed by atoms with Crippen LogP contribution in [0.4, 0.5) is 5.82 Å². The molecule has 1 aromatic rings. The van der Waals surface area contributed by atoms with E-state index < -0.39 is 0 Å². The number of hydrogen-bond donors (Lipinski definition) is 1. The molecule has 2 heterocycles. The van der Waals surface area contributed by atoms with Crippen molar-refractivity contribution >= 4 is 11.7 Å². The first kappa shape index (κ1) is 12.6. The molecule has 6 heteroatoms. The number of nitrogens with one attached hydrogen (secondary N) is 1. The van der Waals surface area contributed by atoms with Crippen LogP contribution in [0.25, 0.3) is 4.98 Å². The van der Waals surface area contributed by atoms with Gasteiger partial charge in [-0.2, -0.15) is 0 Å². The maximum Gasteiger partial charge on any atom is 0.495 e. The molecule has 0 unspecified atom stereocenters. The average molecular weight is 248 g/mol. The first-order valence-electron chi connectivity index (χ1n) is 6.49. The summed E-state index contributed by atoms with van der Waals surface area (Å²) >= 11 is 0. The van der Waals surface area contributed by atoms with E-state index in [1.807, 2.05) is 0 Å². The molecule has 1 amide bonds. The molecule has 1 aliphatic heterocycles. The van der Waals surface area contributed by atoms with Crippen molar-refractivity contribution in [3.8, 4) is 0 Å². The molecule has 0 aromatic carbocycles. The van der Waals surface area contributed by atoms with Crippen LogP contribution in [0.5, 0.6) is 0 Å². The molecular weight excluding hydrogens is 230 g/mol. The molecule has 6 nitrogen and oxygen atoms in total. The minimum Gasteiger partial charge on any atom is -0.337 e. The summed E-state index contributed by atoms with van der Waals surface area (Å²) in [5.41, 5.74) is 0.311. The second kappa shape index (κ2) is 5.63. The third kappa shape index (κ3) is 2.50. The lowest BCUT2D eigenvalue weighted by atomic mass is 10.2. The van der Waals surface area contributed by atoms with Gasteiger partial charge in [0.05, 0.1) is 5.39 Å². The number of rotatable bonds is 4. The fourth-order valence-corrected chi connectivity index (χ4v) is 2.17. The molecule has 0 spiro atoms. The van der Waals surface area contributed by atoms with Gasteiger partial charge in [0.2, 0.25) is 11.5 Å². The Balaban J connectivity index is 2.17. The summed E-state index contributed by atoms with van der Waals surface area (Å²) in [6.07, 6.45) is 4.89. The lowest BCUT2D eigenvalue weighted by Gasteiger charge is -2.12. The Bertz CT molecular complexity index is 467. The van der Waals surface area contributed by atoms with Crippen molar-refractivity contribution in [3.63, 3.8) is 0 Å². The van der Waals surface area contributed by atoms with E-state index in [0.29, 0.717) is 11.5 Å². The third-order valence-electron chi connectivity index (χ3n) is 3.20. The summed E-state index contributed by atoms with van der Waals surface area (Å²) < 4.78 is 0. The number of hydrogen-bond acceptors (Lipinski definition) is 3. The van der Waals surface area contributed by atoms with E-state index in [1.165, 1.54) is 0 Å². The highest BCUT2D eigenvalue weighted by Crippen LogP contribution is 2.21. The zero-order valence-corrected chi connectivity index (χ0v) is 10.6. The van der Waals surface area contributed by atoms with Gasteiger partial charge in [-0.15, -0.1) is 0 Å². The van der Waals surface area contributed by atoms with Gasteiger partial charge < -0.3 is 9.88 Å². The van der Waals surface area contributed by atoms with Crippen LogP contribution in [0.2, 0.25) is 0 Å². The van der Waals surface area contributed by atoms with Crippen molar-refractivity contribution in [3.05, 3.63) is 16.5 Å². The second-order valence-electron chi connectivity index (χ2n) is 4.58. The number of aromatic amines is 1. The number of nitrogens with zero attached hydrogens (tertiary/aromatic N) is 4. The lowest BCUT2D eigenvalue weighted by Crippen LogP contribution is -2.27. The van der Waals surface area contributed by atoms with E-state index in [4.69, 9.17) is 5.39 Å². The summed E-state index contributed by atoms with van der Waals surface area (Å²) in [4.78, 5) is 24.2. The van der Waals surface area contributed by atoms with E-state index >= 15 is 0 Å². The summed E-state index contributed by atoms with van der Waals surface area (Å²) in [6, 6.07) is 0. The molecule has 0 saturated carbocycles. The highest BCUT2D eigenvalue weighted by Gasteiger charge is 2.31. The summed E-state index contributed by atoms with van der Waals surface area (Å²) in [5, 5.41) is 8.92. The number of unbranched alkanes of at least 4 members (excludes halogenated alkanes) is 1. The molecule has 1 saturated heterocycles. The van der Waals surface area contributed by atoms with Gasteiger partial charge in [-0.25, -0.2) is 0 Å². The molecule has 0 bridgehead atoms. The largest absolute Gasteiger partial charge is 0.495 e. The molecule has 1 fully saturated rings. The normalized spacial score (nSPS) is 14.8. The maximum atomic E-state index is 12.2. The SMILES string of the molecule is CCCCc1nc([N+]#N)c(C(=O)N2CCCC2)[nH]1. The molecular formula is C12H18N5O+. The van der Waals surface area contributed by atoms with Crippen molar-refractivity contribution in [2.75, 3.05) is 13.1 Å². The van der Waals surface area contributed by atoms with Crippen LogP contribution in [0.1, 0.15) is 48.9 Å². The molecule has 18 heavy (non-hydrogen) atoms. The number of likely N-dealkylation sites (tertiary alicyclic amines) is 1. The van der Waals surface area contributed by atoms with Crippen molar-refractivity contribution in [2.24, 2.45) is 0 Å².